The first-order valence-corrected chi connectivity index (χ1v) is 11.8. The summed E-state index contributed by atoms with van der Waals surface area (Å²) < 4.78 is 32.0. The minimum atomic E-state index is -3.44. The van der Waals surface area contributed by atoms with Crippen molar-refractivity contribution in [2.24, 2.45) is 0 Å². The number of carbonyl (C=O) groups is 1. The van der Waals surface area contributed by atoms with E-state index in [4.69, 9.17) is 4.74 Å². The Balaban J connectivity index is 1.48. The van der Waals surface area contributed by atoms with E-state index < -0.39 is 10.0 Å². The SMILES string of the molecule is COc1cccc(C(=O)Nc2nc(-c3ccc(S(=O)(=O)N4CCCC4)cc3)cs2)c1. The highest BCUT2D eigenvalue weighted by atomic mass is 32.2. The molecule has 1 fully saturated rings. The zero-order valence-corrected chi connectivity index (χ0v) is 18.0. The van der Waals surface area contributed by atoms with Crippen molar-refractivity contribution in [1.29, 1.82) is 0 Å². The van der Waals surface area contributed by atoms with Gasteiger partial charge >= 0.3 is 0 Å². The molecule has 9 heteroatoms. The number of nitrogens with zero attached hydrogens (tertiary/aromatic N) is 2. The average Bonchev–Trinajstić information content (AvgIpc) is 3.47. The monoisotopic (exact) mass is 443 g/mol. The maximum atomic E-state index is 12.6. The predicted molar refractivity (Wildman–Crippen MR) is 116 cm³/mol. The number of rotatable bonds is 6. The molecule has 2 aromatic carbocycles. The molecule has 4 rings (SSSR count). The Hall–Kier alpha value is -2.75. The van der Waals surface area contributed by atoms with Gasteiger partial charge in [-0.15, -0.1) is 11.3 Å². The van der Waals surface area contributed by atoms with Crippen LogP contribution in [0.4, 0.5) is 5.13 Å². The molecular formula is C21H21N3O4S2. The van der Waals surface area contributed by atoms with E-state index in [1.807, 2.05) is 5.38 Å². The molecule has 1 saturated heterocycles. The maximum absolute atomic E-state index is 12.6. The van der Waals surface area contributed by atoms with Crippen LogP contribution in [0.25, 0.3) is 11.3 Å². The topological polar surface area (TPSA) is 88.6 Å². The van der Waals surface area contributed by atoms with E-state index in [1.54, 1.807) is 55.6 Å². The summed E-state index contributed by atoms with van der Waals surface area (Å²) in [6.07, 6.45) is 1.81. The summed E-state index contributed by atoms with van der Waals surface area (Å²) in [5.74, 6) is 0.327. The maximum Gasteiger partial charge on any atom is 0.257 e. The van der Waals surface area contributed by atoms with Crippen LogP contribution in [0.1, 0.15) is 23.2 Å². The molecule has 0 spiro atoms. The van der Waals surface area contributed by atoms with Crippen LogP contribution in [-0.4, -0.2) is 43.8 Å². The summed E-state index contributed by atoms with van der Waals surface area (Å²) in [4.78, 5) is 17.2. The van der Waals surface area contributed by atoms with Crippen molar-refractivity contribution in [3.05, 3.63) is 59.5 Å². The van der Waals surface area contributed by atoms with Crippen LogP contribution >= 0.6 is 11.3 Å². The van der Waals surface area contributed by atoms with Gasteiger partial charge < -0.3 is 4.74 Å². The molecule has 156 valence electrons. The van der Waals surface area contributed by atoms with Gasteiger partial charge in [0.05, 0.1) is 17.7 Å². The number of ether oxygens (including phenoxy) is 1. The number of nitrogens with one attached hydrogen (secondary N) is 1. The third-order valence-electron chi connectivity index (χ3n) is 4.91. The fourth-order valence-electron chi connectivity index (χ4n) is 3.27. The van der Waals surface area contributed by atoms with E-state index in [0.29, 0.717) is 35.2 Å². The van der Waals surface area contributed by atoms with E-state index >= 15 is 0 Å². The number of carbonyl (C=O) groups excluding carboxylic acids is 1. The predicted octanol–water partition coefficient (Wildman–Crippen LogP) is 3.86. The molecule has 0 atom stereocenters. The molecule has 1 aromatic heterocycles. The van der Waals surface area contributed by atoms with Crippen molar-refractivity contribution < 1.29 is 17.9 Å². The zero-order chi connectivity index (χ0) is 21.1. The molecule has 1 aliphatic rings. The van der Waals surface area contributed by atoms with Crippen molar-refractivity contribution in [2.75, 3.05) is 25.5 Å². The Bertz CT molecular complexity index is 1150. The molecule has 0 aliphatic carbocycles. The van der Waals surface area contributed by atoms with E-state index in [0.717, 1.165) is 18.4 Å². The molecule has 2 heterocycles. The number of sulfonamides is 1. The number of thiazole rings is 1. The van der Waals surface area contributed by atoms with Crippen LogP contribution in [0.15, 0.2) is 58.8 Å². The van der Waals surface area contributed by atoms with Crippen molar-refractivity contribution in [3.8, 4) is 17.0 Å². The van der Waals surface area contributed by atoms with Gasteiger partial charge in [-0.1, -0.05) is 18.2 Å². The highest BCUT2D eigenvalue weighted by molar-refractivity contribution is 7.89. The van der Waals surface area contributed by atoms with Gasteiger partial charge in [-0.2, -0.15) is 4.31 Å². The number of hydrogen-bond donors (Lipinski definition) is 1. The number of amides is 1. The standard InChI is InChI=1S/C21H21N3O4S2/c1-28-17-6-4-5-16(13-17)20(25)23-21-22-19(14-29-21)15-7-9-18(10-8-15)30(26,27)24-11-2-3-12-24/h4-10,13-14H,2-3,11-12H2,1H3,(H,22,23,25). The quantitative estimate of drug-likeness (QED) is 0.625. The van der Waals surface area contributed by atoms with Gasteiger partial charge in [0.15, 0.2) is 5.13 Å². The summed E-state index contributed by atoms with van der Waals surface area (Å²) in [7, 11) is -1.89. The van der Waals surface area contributed by atoms with Crippen molar-refractivity contribution in [3.63, 3.8) is 0 Å². The number of methoxy groups -OCH3 is 1. The second-order valence-corrected chi connectivity index (χ2v) is 9.66. The first-order valence-electron chi connectivity index (χ1n) is 9.49. The molecule has 0 unspecified atom stereocenters. The molecule has 3 aromatic rings. The first-order chi connectivity index (χ1) is 14.5. The van der Waals surface area contributed by atoms with Gasteiger partial charge in [0.1, 0.15) is 5.75 Å². The fourth-order valence-corrected chi connectivity index (χ4v) is 5.50. The van der Waals surface area contributed by atoms with Gasteiger partial charge in [0.25, 0.3) is 5.91 Å². The molecule has 0 bridgehead atoms. The number of hydrogen-bond acceptors (Lipinski definition) is 6. The highest BCUT2D eigenvalue weighted by Crippen LogP contribution is 2.28. The van der Waals surface area contributed by atoms with Gasteiger partial charge in [-0.05, 0) is 43.2 Å². The summed E-state index contributed by atoms with van der Waals surface area (Å²) in [6, 6.07) is 13.6. The normalized spacial score (nSPS) is 14.6. The van der Waals surface area contributed by atoms with Crippen molar-refractivity contribution >= 4 is 32.4 Å². The molecule has 1 N–H and O–H groups in total. The van der Waals surface area contributed by atoms with Crippen LogP contribution < -0.4 is 10.1 Å². The van der Waals surface area contributed by atoms with Crippen LogP contribution in [0, 0.1) is 0 Å². The summed E-state index contributed by atoms with van der Waals surface area (Å²) in [5, 5.41) is 5.07. The largest absolute Gasteiger partial charge is 0.497 e. The summed E-state index contributed by atoms with van der Waals surface area (Å²) in [6.45, 7) is 1.15. The lowest BCUT2D eigenvalue weighted by Crippen LogP contribution is -2.27. The number of anilines is 1. The minimum absolute atomic E-state index is 0.276. The second-order valence-electron chi connectivity index (χ2n) is 6.86. The van der Waals surface area contributed by atoms with Crippen LogP contribution in [0.3, 0.4) is 0 Å². The Morgan fingerprint density at radius 3 is 2.57 bits per heavy atom. The van der Waals surface area contributed by atoms with Gasteiger partial charge in [0.2, 0.25) is 10.0 Å². The summed E-state index contributed by atoms with van der Waals surface area (Å²) >= 11 is 1.31. The second kappa shape index (κ2) is 8.55. The van der Waals surface area contributed by atoms with Crippen LogP contribution in [0.2, 0.25) is 0 Å². The Labute approximate surface area is 179 Å². The van der Waals surface area contributed by atoms with Crippen molar-refractivity contribution in [1.82, 2.24) is 9.29 Å². The van der Waals surface area contributed by atoms with Crippen molar-refractivity contribution in [2.45, 2.75) is 17.7 Å². The summed E-state index contributed by atoms with van der Waals surface area (Å²) in [5.41, 5.74) is 1.93. The first kappa shape index (κ1) is 20.5. The smallest absolute Gasteiger partial charge is 0.257 e. The number of benzene rings is 2. The minimum Gasteiger partial charge on any atom is -0.497 e. The van der Waals surface area contributed by atoms with E-state index in [1.165, 1.54) is 15.6 Å². The molecule has 1 amide bonds. The Kier molecular flexibility index (Phi) is 5.85. The average molecular weight is 444 g/mol. The highest BCUT2D eigenvalue weighted by Gasteiger charge is 2.27. The van der Waals surface area contributed by atoms with Gasteiger partial charge in [-0.25, -0.2) is 13.4 Å². The lowest BCUT2D eigenvalue weighted by molar-refractivity contribution is 0.102. The van der Waals surface area contributed by atoms with E-state index in [2.05, 4.69) is 10.3 Å². The van der Waals surface area contributed by atoms with Gasteiger partial charge in [0, 0.05) is 29.6 Å². The third kappa shape index (κ3) is 4.23. The third-order valence-corrected chi connectivity index (χ3v) is 7.58. The molecular weight excluding hydrogens is 422 g/mol. The van der Waals surface area contributed by atoms with E-state index in [9.17, 15) is 13.2 Å². The molecule has 7 nitrogen and oxygen atoms in total. The Morgan fingerprint density at radius 1 is 1.13 bits per heavy atom. The van der Waals surface area contributed by atoms with Crippen LogP contribution in [0.5, 0.6) is 5.75 Å². The number of aromatic nitrogens is 1. The Morgan fingerprint density at radius 2 is 1.87 bits per heavy atom. The zero-order valence-electron chi connectivity index (χ0n) is 16.4. The molecule has 0 saturated carbocycles. The fraction of sp³-hybridized carbons (Fsp3) is 0.238. The lowest BCUT2D eigenvalue weighted by Gasteiger charge is -2.15. The molecule has 0 radical (unpaired) electrons. The van der Waals surface area contributed by atoms with Gasteiger partial charge in [-0.3, -0.25) is 10.1 Å². The lowest BCUT2D eigenvalue weighted by atomic mass is 10.2. The van der Waals surface area contributed by atoms with E-state index in [-0.39, 0.29) is 10.8 Å². The molecule has 1 aliphatic heterocycles. The van der Waals surface area contributed by atoms with Crippen LogP contribution in [-0.2, 0) is 10.0 Å². The molecule has 30 heavy (non-hydrogen) atoms.